The molecule has 0 aliphatic rings. The maximum Gasteiger partial charge on any atom is 0.237 e. The van der Waals surface area contributed by atoms with E-state index in [-0.39, 0.29) is 11.2 Å². The summed E-state index contributed by atoms with van der Waals surface area (Å²) in [5.74, 6) is 0.0261. The number of amides is 1. The van der Waals surface area contributed by atoms with Gasteiger partial charge in [0.25, 0.3) is 0 Å². The van der Waals surface area contributed by atoms with Crippen LogP contribution in [0.5, 0.6) is 0 Å². The summed E-state index contributed by atoms with van der Waals surface area (Å²) in [6.45, 7) is 6.08. The van der Waals surface area contributed by atoms with E-state index in [1.54, 1.807) is 6.20 Å². The van der Waals surface area contributed by atoms with Crippen molar-refractivity contribution in [2.45, 2.75) is 37.5 Å². The van der Waals surface area contributed by atoms with Gasteiger partial charge in [0.2, 0.25) is 5.91 Å². The molecule has 3 nitrogen and oxygen atoms in total. The third-order valence-electron chi connectivity index (χ3n) is 3.05. The smallest absolute Gasteiger partial charge is 0.237 e. The SMILES string of the molecule is CCC(Sc1ccccn1)C(=O)Nc1cc(C)cc(C)c1. The number of aryl methyl sites for hydroxylation is 2. The fraction of sp³-hybridized carbons (Fsp3) is 0.294. The summed E-state index contributed by atoms with van der Waals surface area (Å²) in [7, 11) is 0. The molecule has 21 heavy (non-hydrogen) atoms. The van der Waals surface area contributed by atoms with Crippen LogP contribution in [-0.2, 0) is 4.79 Å². The van der Waals surface area contributed by atoms with E-state index in [2.05, 4.69) is 16.4 Å². The van der Waals surface area contributed by atoms with Gasteiger partial charge in [0.1, 0.15) is 0 Å². The average molecular weight is 300 g/mol. The third-order valence-corrected chi connectivity index (χ3v) is 4.37. The summed E-state index contributed by atoms with van der Waals surface area (Å²) in [4.78, 5) is 16.7. The monoisotopic (exact) mass is 300 g/mol. The minimum atomic E-state index is -0.138. The number of nitrogens with one attached hydrogen (secondary N) is 1. The van der Waals surface area contributed by atoms with Crippen molar-refractivity contribution < 1.29 is 4.79 Å². The van der Waals surface area contributed by atoms with Crippen LogP contribution in [0.3, 0.4) is 0 Å². The molecule has 0 radical (unpaired) electrons. The molecule has 1 amide bonds. The summed E-state index contributed by atoms with van der Waals surface area (Å²) in [6, 6.07) is 11.8. The number of carbonyl (C=O) groups excluding carboxylic acids is 1. The second kappa shape index (κ2) is 7.27. The Kier molecular flexibility index (Phi) is 5.39. The van der Waals surface area contributed by atoms with E-state index in [1.165, 1.54) is 11.8 Å². The number of hydrogen-bond donors (Lipinski definition) is 1. The van der Waals surface area contributed by atoms with Gasteiger partial charge in [-0.15, -0.1) is 0 Å². The summed E-state index contributed by atoms with van der Waals surface area (Å²) >= 11 is 1.50. The molecule has 0 fully saturated rings. The Labute approximate surface area is 130 Å². The zero-order valence-electron chi connectivity index (χ0n) is 12.6. The Bertz CT molecular complexity index is 593. The van der Waals surface area contributed by atoms with E-state index in [0.717, 1.165) is 28.3 Å². The number of nitrogens with zero attached hydrogens (tertiary/aromatic N) is 1. The molecule has 1 aromatic carbocycles. The molecule has 1 atom stereocenters. The van der Waals surface area contributed by atoms with Gasteiger partial charge >= 0.3 is 0 Å². The Hall–Kier alpha value is -1.81. The van der Waals surface area contributed by atoms with Gasteiger partial charge in [-0.1, -0.05) is 30.8 Å². The lowest BCUT2D eigenvalue weighted by Crippen LogP contribution is -2.24. The van der Waals surface area contributed by atoms with Crippen LogP contribution in [0.4, 0.5) is 5.69 Å². The number of benzene rings is 1. The molecular formula is C17H20N2OS. The first-order chi connectivity index (χ1) is 10.1. The molecule has 0 spiro atoms. The summed E-state index contributed by atoms with van der Waals surface area (Å²) in [5, 5.41) is 3.74. The molecule has 0 saturated carbocycles. The van der Waals surface area contributed by atoms with Crippen LogP contribution >= 0.6 is 11.8 Å². The first-order valence-electron chi connectivity index (χ1n) is 7.05. The highest BCUT2D eigenvalue weighted by molar-refractivity contribution is 8.00. The largest absolute Gasteiger partial charge is 0.325 e. The summed E-state index contributed by atoms with van der Waals surface area (Å²) < 4.78 is 0. The fourth-order valence-corrected chi connectivity index (χ4v) is 3.06. The Morgan fingerprint density at radius 2 is 1.95 bits per heavy atom. The standard InChI is InChI=1S/C17H20N2OS/c1-4-15(21-16-7-5-6-8-18-16)17(20)19-14-10-12(2)9-13(3)11-14/h5-11,15H,4H2,1-3H3,(H,19,20). The van der Waals surface area contributed by atoms with Crippen molar-refractivity contribution in [1.29, 1.82) is 0 Å². The second-order valence-electron chi connectivity index (χ2n) is 5.05. The maximum absolute atomic E-state index is 12.4. The van der Waals surface area contributed by atoms with Gasteiger partial charge < -0.3 is 5.32 Å². The number of aromatic nitrogens is 1. The van der Waals surface area contributed by atoms with Gasteiger partial charge in [0.15, 0.2) is 0 Å². The highest BCUT2D eigenvalue weighted by atomic mass is 32.2. The van der Waals surface area contributed by atoms with Crippen molar-refractivity contribution in [1.82, 2.24) is 4.98 Å². The lowest BCUT2D eigenvalue weighted by molar-refractivity contribution is -0.115. The predicted octanol–water partition coefficient (Wildman–Crippen LogP) is 4.21. The van der Waals surface area contributed by atoms with Crippen molar-refractivity contribution in [3.05, 3.63) is 53.7 Å². The summed E-state index contributed by atoms with van der Waals surface area (Å²) in [5.41, 5.74) is 3.16. The molecule has 0 aliphatic carbocycles. The lowest BCUT2D eigenvalue weighted by Gasteiger charge is -2.15. The number of rotatable bonds is 5. The first-order valence-corrected chi connectivity index (χ1v) is 7.93. The van der Waals surface area contributed by atoms with E-state index in [9.17, 15) is 4.79 Å². The van der Waals surface area contributed by atoms with Gasteiger partial charge in [-0.2, -0.15) is 0 Å². The normalized spacial score (nSPS) is 12.0. The molecule has 4 heteroatoms. The molecule has 0 saturated heterocycles. The Morgan fingerprint density at radius 3 is 2.52 bits per heavy atom. The Balaban J connectivity index is 2.06. The highest BCUT2D eigenvalue weighted by Crippen LogP contribution is 2.24. The van der Waals surface area contributed by atoms with Gasteiger partial charge in [0, 0.05) is 11.9 Å². The molecular weight excluding hydrogens is 280 g/mol. The van der Waals surface area contributed by atoms with Crippen LogP contribution in [-0.4, -0.2) is 16.1 Å². The zero-order valence-corrected chi connectivity index (χ0v) is 13.4. The van der Waals surface area contributed by atoms with E-state index >= 15 is 0 Å². The molecule has 2 aromatic rings. The van der Waals surface area contributed by atoms with Crippen molar-refractivity contribution in [2.75, 3.05) is 5.32 Å². The predicted molar refractivity (Wildman–Crippen MR) is 88.7 cm³/mol. The van der Waals surface area contributed by atoms with Crippen molar-refractivity contribution in [3.8, 4) is 0 Å². The van der Waals surface area contributed by atoms with E-state index in [4.69, 9.17) is 0 Å². The quantitative estimate of drug-likeness (QED) is 0.841. The topological polar surface area (TPSA) is 42.0 Å². The number of pyridine rings is 1. The molecule has 1 aromatic heterocycles. The number of carbonyl (C=O) groups is 1. The van der Waals surface area contributed by atoms with E-state index in [1.807, 2.05) is 51.1 Å². The van der Waals surface area contributed by atoms with Crippen LogP contribution < -0.4 is 5.32 Å². The first kappa shape index (κ1) is 15.6. The Morgan fingerprint density at radius 1 is 1.24 bits per heavy atom. The maximum atomic E-state index is 12.4. The van der Waals surface area contributed by atoms with Gasteiger partial charge in [0.05, 0.1) is 10.3 Å². The van der Waals surface area contributed by atoms with Crippen molar-refractivity contribution >= 4 is 23.4 Å². The van der Waals surface area contributed by atoms with Crippen LogP contribution in [0, 0.1) is 13.8 Å². The second-order valence-corrected chi connectivity index (χ2v) is 6.27. The summed E-state index contributed by atoms with van der Waals surface area (Å²) in [6.07, 6.45) is 2.51. The number of thioether (sulfide) groups is 1. The third kappa shape index (κ3) is 4.60. The molecule has 2 rings (SSSR count). The molecule has 1 heterocycles. The molecule has 0 bridgehead atoms. The van der Waals surface area contributed by atoms with Crippen LogP contribution in [0.1, 0.15) is 24.5 Å². The molecule has 1 unspecified atom stereocenters. The molecule has 0 aliphatic heterocycles. The van der Waals surface area contributed by atoms with Crippen LogP contribution in [0.2, 0.25) is 0 Å². The van der Waals surface area contributed by atoms with Crippen LogP contribution in [0.25, 0.3) is 0 Å². The zero-order chi connectivity index (χ0) is 15.2. The fourth-order valence-electron chi connectivity index (χ4n) is 2.15. The van der Waals surface area contributed by atoms with Crippen LogP contribution in [0.15, 0.2) is 47.6 Å². The minimum Gasteiger partial charge on any atom is -0.325 e. The van der Waals surface area contributed by atoms with E-state index < -0.39 is 0 Å². The number of anilines is 1. The van der Waals surface area contributed by atoms with Crippen molar-refractivity contribution in [3.63, 3.8) is 0 Å². The highest BCUT2D eigenvalue weighted by Gasteiger charge is 2.18. The van der Waals surface area contributed by atoms with Gasteiger partial charge in [-0.05, 0) is 55.7 Å². The molecule has 110 valence electrons. The van der Waals surface area contributed by atoms with Gasteiger partial charge in [-0.3, -0.25) is 4.79 Å². The van der Waals surface area contributed by atoms with Gasteiger partial charge in [-0.25, -0.2) is 4.98 Å². The number of hydrogen-bond acceptors (Lipinski definition) is 3. The molecule has 1 N–H and O–H groups in total. The lowest BCUT2D eigenvalue weighted by atomic mass is 10.1. The minimum absolute atomic E-state index is 0.0261. The van der Waals surface area contributed by atoms with E-state index in [0.29, 0.717) is 0 Å². The average Bonchev–Trinajstić information content (AvgIpc) is 2.44. The van der Waals surface area contributed by atoms with Crippen molar-refractivity contribution in [2.24, 2.45) is 0 Å².